The molecule has 4 nitrogen and oxygen atoms in total. The zero-order valence-electron chi connectivity index (χ0n) is 9.53. The highest BCUT2D eigenvalue weighted by atomic mass is 16.4. The van der Waals surface area contributed by atoms with Crippen LogP contribution >= 0.6 is 0 Å². The summed E-state index contributed by atoms with van der Waals surface area (Å²) < 4.78 is 0. The Balaban J connectivity index is 3.00. The zero-order chi connectivity index (χ0) is 12.3. The Morgan fingerprint density at radius 1 is 1.50 bits per heavy atom. The maximum Gasteiger partial charge on any atom is 0.328 e. The van der Waals surface area contributed by atoms with E-state index in [1.54, 1.807) is 32.0 Å². The van der Waals surface area contributed by atoms with Crippen molar-refractivity contribution in [2.24, 2.45) is 0 Å². The van der Waals surface area contributed by atoms with Crippen molar-refractivity contribution in [1.82, 2.24) is 0 Å². The Hall–Kier alpha value is -2.02. The lowest BCUT2D eigenvalue weighted by atomic mass is 10.0. The third-order valence-corrected chi connectivity index (χ3v) is 2.34. The summed E-state index contributed by atoms with van der Waals surface area (Å²) in [5.41, 5.74) is 1.12. The molecule has 0 saturated carbocycles. The maximum absolute atomic E-state index is 10.9. The van der Waals surface area contributed by atoms with Crippen molar-refractivity contribution < 1.29 is 9.90 Å². The van der Waals surface area contributed by atoms with E-state index < -0.39 is 11.5 Å². The highest BCUT2D eigenvalue weighted by Crippen LogP contribution is 2.20. The summed E-state index contributed by atoms with van der Waals surface area (Å²) in [6.07, 6.45) is 0. The number of rotatable bonds is 3. The van der Waals surface area contributed by atoms with Crippen LogP contribution < -0.4 is 5.32 Å². The molecule has 1 rings (SSSR count). The van der Waals surface area contributed by atoms with E-state index in [1.165, 1.54) is 0 Å². The fourth-order valence-electron chi connectivity index (χ4n) is 1.26. The predicted octanol–water partition coefficient (Wildman–Crippen LogP) is 2.14. The third-order valence-electron chi connectivity index (χ3n) is 2.34. The molecule has 0 atom stereocenters. The van der Waals surface area contributed by atoms with E-state index in [4.69, 9.17) is 10.4 Å². The molecule has 1 aromatic rings. The van der Waals surface area contributed by atoms with Crippen molar-refractivity contribution in [3.05, 3.63) is 29.3 Å². The number of hydrogen-bond donors (Lipinski definition) is 2. The molecule has 16 heavy (non-hydrogen) atoms. The summed E-state index contributed by atoms with van der Waals surface area (Å²) in [5, 5.41) is 20.6. The molecular formula is C12H14N2O2. The number of nitrogens with one attached hydrogen (secondary N) is 1. The molecule has 0 aliphatic heterocycles. The van der Waals surface area contributed by atoms with Gasteiger partial charge in [-0.05, 0) is 44.5 Å². The van der Waals surface area contributed by atoms with Gasteiger partial charge < -0.3 is 10.4 Å². The maximum atomic E-state index is 10.9. The first-order valence-corrected chi connectivity index (χ1v) is 4.89. The fourth-order valence-corrected chi connectivity index (χ4v) is 1.26. The number of anilines is 1. The van der Waals surface area contributed by atoms with Gasteiger partial charge in [0.05, 0.1) is 11.6 Å². The summed E-state index contributed by atoms with van der Waals surface area (Å²) in [7, 11) is 0. The predicted molar refractivity (Wildman–Crippen MR) is 61.2 cm³/mol. The summed E-state index contributed by atoms with van der Waals surface area (Å²) >= 11 is 0. The average Bonchev–Trinajstić information content (AvgIpc) is 2.20. The van der Waals surface area contributed by atoms with Gasteiger partial charge in [-0.2, -0.15) is 5.26 Å². The van der Waals surface area contributed by atoms with Crippen LogP contribution in [0.2, 0.25) is 0 Å². The molecule has 0 amide bonds. The summed E-state index contributed by atoms with van der Waals surface area (Å²) in [6, 6.07) is 7.14. The van der Waals surface area contributed by atoms with Crippen LogP contribution in [-0.2, 0) is 4.79 Å². The van der Waals surface area contributed by atoms with Gasteiger partial charge >= 0.3 is 5.97 Å². The second-order valence-electron chi connectivity index (χ2n) is 4.20. The van der Waals surface area contributed by atoms with Crippen molar-refractivity contribution in [3.63, 3.8) is 0 Å². The Bertz CT molecular complexity index is 459. The highest BCUT2D eigenvalue weighted by molar-refractivity contribution is 5.82. The van der Waals surface area contributed by atoms with Crippen molar-refractivity contribution in [1.29, 1.82) is 5.26 Å². The molecule has 0 aromatic heterocycles. The van der Waals surface area contributed by atoms with Crippen LogP contribution in [0.3, 0.4) is 0 Å². The van der Waals surface area contributed by atoms with E-state index in [0.717, 1.165) is 11.3 Å². The van der Waals surface area contributed by atoms with Crippen LogP contribution in [-0.4, -0.2) is 16.6 Å². The minimum Gasteiger partial charge on any atom is -0.480 e. The number of hydrogen-bond acceptors (Lipinski definition) is 3. The quantitative estimate of drug-likeness (QED) is 0.815. The molecule has 0 aliphatic rings. The van der Waals surface area contributed by atoms with Crippen LogP contribution in [0.5, 0.6) is 0 Å². The van der Waals surface area contributed by atoms with Gasteiger partial charge in [0, 0.05) is 5.69 Å². The topological polar surface area (TPSA) is 73.1 Å². The molecular weight excluding hydrogens is 204 g/mol. The standard InChI is InChI=1S/C12H14N2O2/c1-8-6-9(7-13)4-5-10(8)14-12(2,3)11(15)16/h4-6,14H,1-3H3,(H,15,16). The van der Waals surface area contributed by atoms with E-state index in [-0.39, 0.29) is 0 Å². The molecule has 4 heteroatoms. The Morgan fingerprint density at radius 2 is 2.12 bits per heavy atom. The zero-order valence-corrected chi connectivity index (χ0v) is 9.53. The van der Waals surface area contributed by atoms with Gasteiger partial charge in [-0.3, -0.25) is 0 Å². The normalized spacial score (nSPS) is 10.6. The molecule has 84 valence electrons. The number of aryl methyl sites for hydroxylation is 1. The molecule has 2 N–H and O–H groups in total. The average molecular weight is 218 g/mol. The second kappa shape index (κ2) is 4.23. The lowest BCUT2D eigenvalue weighted by molar-refractivity contribution is -0.141. The number of carboxylic acid groups (broad SMARTS) is 1. The number of nitrogens with zero attached hydrogens (tertiary/aromatic N) is 1. The van der Waals surface area contributed by atoms with Crippen molar-refractivity contribution in [3.8, 4) is 6.07 Å². The molecule has 0 spiro atoms. The first-order chi connectivity index (χ1) is 7.36. The van der Waals surface area contributed by atoms with Gasteiger partial charge in [0.2, 0.25) is 0 Å². The number of benzene rings is 1. The summed E-state index contributed by atoms with van der Waals surface area (Å²) in [5.74, 6) is -0.920. The van der Waals surface area contributed by atoms with Crippen molar-refractivity contribution >= 4 is 11.7 Å². The number of aliphatic carboxylic acids is 1. The first-order valence-electron chi connectivity index (χ1n) is 4.89. The molecule has 0 radical (unpaired) electrons. The smallest absolute Gasteiger partial charge is 0.328 e. The van der Waals surface area contributed by atoms with Gasteiger partial charge in [-0.25, -0.2) is 4.79 Å². The Morgan fingerprint density at radius 3 is 2.56 bits per heavy atom. The molecule has 0 unspecified atom stereocenters. The molecule has 1 aromatic carbocycles. The summed E-state index contributed by atoms with van der Waals surface area (Å²) in [4.78, 5) is 10.9. The van der Waals surface area contributed by atoms with E-state index in [9.17, 15) is 4.79 Å². The van der Waals surface area contributed by atoms with Crippen LogP contribution in [0.15, 0.2) is 18.2 Å². The van der Waals surface area contributed by atoms with Crippen LogP contribution in [0, 0.1) is 18.3 Å². The molecule has 0 bridgehead atoms. The van der Waals surface area contributed by atoms with E-state index in [2.05, 4.69) is 5.32 Å². The molecule has 0 heterocycles. The Labute approximate surface area is 94.5 Å². The molecule has 0 fully saturated rings. The SMILES string of the molecule is Cc1cc(C#N)ccc1NC(C)(C)C(=O)O. The lowest BCUT2D eigenvalue weighted by Gasteiger charge is -2.23. The molecule has 0 saturated heterocycles. The highest BCUT2D eigenvalue weighted by Gasteiger charge is 2.26. The van der Waals surface area contributed by atoms with Gasteiger partial charge in [-0.15, -0.1) is 0 Å². The van der Waals surface area contributed by atoms with Crippen LogP contribution in [0.25, 0.3) is 0 Å². The van der Waals surface area contributed by atoms with Gasteiger partial charge in [0.1, 0.15) is 5.54 Å². The fraction of sp³-hybridized carbons (Fsp3) is 0.333. The summed E-state index contributed by atoms with van der Waals surface area (Å²) in [6.45, 7) is 5.01. The second-order valence-corrected chi connectivity index (χ2v) is 4.20. The lowest BCUT2D eigenvalue weighted by Crippen LogP contribution is -2.40. The monoisotopic (exact) mass is 218 g/mol. The van der Waals surface area contributed by atoms with E-state index >= 15 is 0 Å². The molecule has 0 aliphatic carbocycles. The van der Waals surface area contributed by atoms with Crippen LogP contribution in [0.4, 0.5) is 5.69 Å². The third kappa shape index (κ3) is 2.51. The largest absolute Gasteiger partial charge is 0.480 e. The van der Waals surface area contributed by atoms with E-state index in [1.807, 2.05) is 13.0 Å². The minimum absolute atomic E-state index is 0.566. The van der Waals surface area contributed by atoms with Gasteiger partial charge in [0.25, 0.3) is 0 Å². The number of carboxylic acids is 1. The number of nitriles is 1. The van der Waals surface area contributed by atoms with E-state index in [0.29, 0.717) is 5.56 Å². The number of carbonyl (C=O) groups is 1. The van der Waals surface area contributed by atoms with Crippen molar-refractivity contribution in [2.45, 2.75) is 26.3 Å². The van der Waals surface area contributed by atoms with Gasteiger partial charge in [0.15, 0.2) is 0 Å². The Kier molecular flexibility index (Phi) is 3.19. The minimum atomic E-state index is -1.03. The van der Waals surface area contributed by atoms with Gasteiger partial charge in [-0.1, -0.05) is 0 Å². The van der Waals surface area contributed by atoms with Crippen LogP contribution in [0.1, 0.15) is 25.0 Å². The first kappa shape index (κ1) is 12.1. The van der Waals surface area contributed by atoms with Crippen molar-refractivity contribution in [2.75, 3.05) is 5.32 Å².